The Morgan fingerprint density at radius 3 is 2.71 bits per heavy atom. The Balaban J connectivity index is 1.50. The largest absolute Gasteiger partial charge is 0.336 e. The summed E-state index contributed by atoms with van der Waals surface area (Å²) in [5.41, 5.74) is 2.59. The number of hydrogen-bond donors (Lipinski definition) is 0. The van der Waals surface area contributed by atoms with Crippen molar-refractivity contribution in [2.75, 3.05) is 7.05 Å². The molecule has 0 atom stereocenters. The second-order valence-electron chi connectivity index (χ2n) is 6.54. The van der Waals surface area contributed by atoms with E-state index < -0.39 is 0 Å². The number of amides is 1. The van der Waals surface area contributed by atoms with Crippen LogP contribution in [0.3, 0.4) is 0 Å². The topological polar surface area (TPSA) is 63.9 Å². The van der Waals surface area contributed by atoms with Gasteiger partial charge in [-0.25, -0.2) is 9.07 Å². The van der Waals surface area contributed by atoms with Crippen LogP contribution >= 0.6 is 0 Å². The monoisotopic (exact) mass is 375 g/mol. The molecule has 0 N–H and O–H groups in total. The van der Waals surface area contributed by atoms with Crippen LogP contribution in [0.2, 0.25) is 0 Å². The maximum absolute atomic E-state index is 13.8. The maximum atomic E-state index is 13.8. The van der Waals surface area contributed by atoms with E-state index in [0.29, 0.717) is 12.1 Å². The van der Waals surface area contributed by atoms with E-state index in [1.807, 2.05) is 30.3 Å². The molecule has 1 amide bonds. The van der Waals surface area contributed by atoms with Gasteiger partial charge in [0.15, 0.2) is 5.69 Å². The predicted octanol–water partition coefficient (Wildman–Crippen LogP) is 3.29. The molecule has 140 valence electrons. The van der Waals surface area contributed by atoms with Crippen molar-refractivity contribution in [3.8, 4) is 0 Å². The Morgan fingerprint density at radius 2 is 1.86 bits per heavy atom. The molecule has 4 aromatic rings. The van der Waals surface area contributed by atoms with Gasteiger partial charge >= 0.3 is 0 Å². The second-order valence-corrected chi connectivity index (χ2v) is 6.54. The van der Waals surface area contributed by atoms with Crippen molar-refractivity contribution < 1.29 is 9.18 Å². The van der Waals surface area contributed by atoms with Gasteiger partial charge in [-0.1, -0.05) is 41.6 Å². The number of rotatable bonds is 5. The van der Waals surface area contributed by atoms with E-state index in [4.69, 9.17) is 0 Å². The molecule has 0 saturated heterocycles. The van der Waals surface area contributed by atoms with Crippen molar-refractivity contribution in [2.24, 2.45) is 0 Å². The van der Waals surface area contributed by atoms with Crippen LogP contribution in [0.25, 0.3) is 10.9 Å². The molecule has 2 aromatic carbocycles. The van der Waals surface area contributed by atoms with E-state index in [0.717, 1.165) is 16.5 Å². The minimum Gasteiger partial charge on any atom is -0.336 e. The number of benzene rings is 2. The van der Waals surface area contributed by atoms with Crippen molar-refractivity contribution in [2.45, 2.75) is 13.1 Å². The number of para-hydroxylation sites is 1. The van der Waals surface area contributed by atoms with Crippen molar-refractivity contribution in [1.82, 2.24) is 24.9 Å². The molecule has 4 rings (SSSR count). The molecule has 7 heteroatoms. The lowest BCUT2D eigenvalue weighted by Crippen LogP contribution is -2.26. The Kier molecular flexibility index (Phi) is 4.80. The SMILES string of the molecule is CN(Cc1ccnc2ccccc12)C(=O)c1cn(Cc2ccccc2F)nn1. The molecule has 0 radical (unpaired) electrons. The standard InChI is InChI=1S/C21H18FN5O/c1-26(12-15-10-11-23-19-9-5-3-7-17(15)19)21(28)20-14-27(25-24-20)13-16-6-2-4-8-18(16)22/h2-11,14H,12-13H2,1H3. The summed E-state index contributed by atoms with van der Waals surface area (Å²) in [5.74, 6) is -0.562. The third kappa shape index (κ3) is 3.59. The van der Waals surface area contributed by atoms with Gasteiger partial charge in [0.1, 0.15) is 5.82 Å². The summed E-state index contributed by atoms with van der Waals surface area (Å²) in [6.45, 7) is 0.633. The van der Waals surface area contributed by atoms with Crippen molar-refractivity contribution >= 4 is 16.8 Å². The number of fused-ring (bicyclic) bond motifs is 1. The Bertz CT molecular complexity index is 1140. The molecule has 0 unspecified atom stereocenters. The minimum absolute atomic E-state index is 0.214. The summed E-state index contributed by atoms with van der Waals surface area (Å²) < 4.78 is 15.3. The first-order chi connectivity index (χ1) is 13.6. The van der Waals surface area contributed by atoms with Gasteiger partial charge in [0.2, 0.25) is 0 Å². The highest BCUT2D eigenvalue weighted by Crippen LogP contribution is 2.18. The predicted molar refractivity (Wildman–Crippen MR) is 103 cm³/mol. The molecule has 2 heterocycles. The molecule has 0 saturated carbocycles. The smallest absolute Gasteiger partial charge is 0.276 e. The van der Waals surface area contributed by atoms with Gasteiger partial charge in [-0.15, -0.1) is 5.10 Å². The Labute approximate surface area is 161 Å². The average Bonchev–Trinajstić information content (AvgIpc) is 3.18. The summed E-state index contributed by atoms with van der Waals surface area (Å²) in [5, 5.41) is 8.92. The average molecular weight is 375 g/mol. The van der Waals surface area contributed by atoms with Crippen LogP contribution in [0.4, 0.5) is 4.39 Å². The van der Waals surface area contributed by atoms with Crippen LogP contribution in [-0.4, -0.2) is 37.8 Å². The molecule has 2 aromatic heterocycles. The van der Waals surface area contributed by atoms with Crippen LogP contribution in [0.1, 0.15) is 21.6 Å². The molecule has 28 heavy (non-hydrogen) atoms. The molecule has 0 fully saturated rings. The molecule has 0 aliphatic carbocycles. The lowest BCUT2D eigenvalue weighted by Gasteiger charge is -2.16. The van der Waals surface area contributed by atoms with Crippen molar-refractivity contribution in [1.29, 1.82) is 0 Å². The van der Waals surface area contributed by atoms with E-state index in [-0.39, 0.29) is 24.0 Å². The first kappa shape index (κ1) is 17.8. The van der Waals surface area contributed by atoms with Gasteiger partial charge in [-0.05, 0) is 23.8 Å². The fourth-order valence-corrected chi connectivity index (χ4v) is 3.09. The molecule has 0 aliphatic rings. The molecule has 0 spiro atoms. The molecular weight excluding hydrogens is 357 g/mol. The fourth-order valence-electron chi connectivity index (χ4n) is 3.09. The van der Waals surface area contributed by atoms with E-state index >= 15 is 0 Å². The minimum atomic E-state index is -0.312. The number of carbonyl (C=O) groups is 1. The molecule has 0 bridgehead atoms. The molecule has 0 aliphatic heterocycles. The number of pyridine rings is 1. The Hall–Kier alpha value is -3.61. The summed E-state index contributed by atoms with van der Waals surface area (Å²) in [6, 6.07) is 16.2. The highest BCUT2D eigenvalue weighted by atomic mass is 19.1. The second kappa shape index (κ2) is 7.56. The highest BCUT2D eigenvalue weighted by molar-refractivity contribution is 5.92. The number of halogens is 1. The van der Waals surface area contributed by atoms with Crippen LogP contribution in [0.5, 0.6) is 0 Å². The number of carbonyl (C=O) groups excluding carboxylic acids is 1. The van der Waals surface area contributed by atoms with Gasteiger partial charge < -0.3 is 4.90 Å². The van der Waals surface area contributed by atoms with Gasteiger partial charge in [0.05, 0.1) is 18.3 Å². The van der Waals surface area contributed by atoms with E-state index in [1.165, 1.54) is 16.9 Å². The number of nitrogens with zero attached hydrogens (tertiary/aromatic N) is 5. The van der Waals surface area contributed by atoms with E-state index in [1.54, 1.807) is 36.3 Å². The summed E-state index contributed by atoms with van der Waals surface area (Å²) in [7, 11) is 1.72. The van der Waals surface area contributed by atoms with Crippen LogP contribution in [0.15, 0.2) is 67.0 Å². The summed E-state index contributed by atoms with van der Waals surface area (Å²) in [6.07, 6.45) is 3.27. The number of hydrogen-bond acceptors (Lipinski definition) is 4. The van der Waals surface area contributed by atoms with E-state index in [9.17, 15) is 9.18 Å². The lowest BCUT2D eigenvalue weighted by atomic mass is 10.1. The van der Waals surface area contributed by atoms with Crippen molar-refractivity contribution in [3.63, 3.8) is 0 Å². The van der Waals surface area contributed by atoms with E-state index in [2.05, 4.69) is 15.3 Å². The zero-order valence-electron chi connectivity index (χ0n) is 15.3. The van der Waals surface area contributed by atoms with Gasteiger partial charge in [-0.3, -0.25) is 9.78 Å². The van der Waals surface area contributed by atoms with Crippen molar-refractivity contribution in [3.05, 3.63) is 89.6 Å². The van der Waals surface area contributed by atoms with Gasteiger partial charge in [-0.2, -0.15) is 0 Å². The molecule has 6 nitrogen and oxygen atoms in total. The first-order valence-electron chi connectivity index (χ1n) is 8.83. The number of aromatic nitrogens is 4. The maximum Gasteiger partial charge on any atom is 0.276 e. The molecular formula is C21H18FN5O. The van der Waals surface area contributed by atoms with Crippen LogP contribution in [-0.2, 0) is 13.1 Å². The lowest BCUT2D eigenvalue weighted by molar-refractivity contribution is 0.0779. The quantitative estimate of drug-likeness (QED) is 0.537. The van der Waals surface area contributed by atoms with Gasteiger partial charge in [0, 0.05) is 30.7 Å². The zero-order valence-corrected chi connectivity index (χ0v) is 15.3. The summed E-state index contributed by atoms with van der Waals surface area (Å²) in [4.78, 5) is 18.7. The first-order valence-corrected chi connectivity index (χ1v) is 8.83. The highest BCUT2D eigenvalue weighted by Gasteiger charge is 2.17. The summed E-state index contributed by atoms with van der Waals surface area (Å²) >= 11 is 0. The normalized spacial score (nSPS) is 10.9. The van der Waals surface area contributed by atoms with Crippen LogP contribution in [0, 0.1) is 5.82 Å². The zero-order chi connectivity index (χ0) is 19.5. The third-order valence-corrected chi connectivity index (χ3v) is 4.54. The fraction of sp³-hybridized carbons (Fsp3) is 0.143. The Morgan fingerprint density at radius 1 is 1.07 bits per heavy atom. The third-order valence-electron chi connectivity index (χ3n) is 4.54. The van der Waals surface area contributed by atoms with Crippen LogP contribution < -0.4 is 0 Å². The van der Waals surface area contributed by atoms with Gasteiger partial charge in [0.25, 0.3) is 5.91 Å².